The van der Waals surface area contributed by atoms with Gasteiger partial charge in [0.05, 0.1) is 6.67 Å². The standard InChI is InChI=1S/C17H25F.C8H4F6O/c1-2-3-14-4-8-16(9-5-14)17-10-6-15(7-11-17)12-13-18;9-4-1-2-6(5(10)3-4)15-8(13,14)7(11)12/h4-5,8-9,15,17H,2-3,6-7,10-13H2,1H3;1-3,7H. The summed E-state index contributed by atoms with van der Waals surface area (Å²) in [6.07, 6.45) is -0.800. The van der Waals surface area contributed by atoms with Crippen molar-refractivity contribution in [3.63, 3.8) is 0 Å². The lowest BCUT2D eigenvalue weighted by Crippen LogP contribution is -2.33. The van der Waals surface area contributed by atoms with E-state index < -0.39 is 29.9 Å². The first-order chi connectivity index (χ1) is 15.7. The largest absolute Gasteiger partial charge is 0.461 e. The van der Waals surface area contributed by atoms with E-state index in [0.717, 1.165) is 12.3 Å². The Morgan fingerprint density at radius 2 is 1.61 bits per heavy atom. The zero-order chi connectivity index (χ0) is 24.4. The van der Waals surface area contributed by atoms with Crippen LogP contribution in [0.25, 0.3) is 0 Å². The molecule has 0 N–H and O–H groups in total. The van der Waals surface area contributed by atoms with Crippen LogP contribution in [0, 0.1) is 17.6 Å². The quantitative estimate of drug-likeness (QED) is 0.346. The van der Waals surface area contributed by atoms with Gasteiger partial charge in [0.15, 0.2) is 11.6 Å². The Bertz CT molecular complexity index is 831. The summed E-state index contributed by atoms with van der Waals surface area (Å²) in [5.41, 5.74) is 2.95. The number of hydrogen-bond acceptors (Lipinski definition) is 1. The van der Waals surface area contributed by atoms with Gasteiger partial charge in [0.25, 0.3) is 0 Å². The van der Waals surface area contributed by atoms with Gasteiger partial charge in [0.2, 0.25) is 0 Å². The molecule has 0 radical (unpaired) electrons. The van der Waals surface area contributed by atoms with E-state index in [9.17, 15) is 30.7 Å². The molecule has 0 spiro atoms. The van der Waals surface area contributed by atoms with Crippen LogP contribution < -0.4 is 4.74 Å². The minimum Gasteiger partial charge on any atom is -0.425 e. The third-order valence-corrected chi connectivity index (χ3v) is 5.75. The minimum absolute atomic E-state index is 0.138. The first-order valence-electron chi connectivity index (χ1n) is 11.1. The molecule has 184 valence electrons. The highest BCUT2D eigenvalue weighted by Gasteiger charge is 2.44. The molecule has 33 heavy (non-hydrogen) atoms. The second-order valence-corrected chi connectivity index (χ2v) is 8.23. The molecule has 1 fully saturated rings. The number of hydrogen-bond donors (Lipinski definition) is 0. The molecule has 0 atom stereocenters. The molecule has 0 bridgehead atoms. The molecular weight excluding hydrogens is 449 g/mol. The average molecular weight is 478 g/mol. The lowest BCUT2D eigenvalue weighted by atomic mass is 9.77. The van der Waals surface area contributed by atoms with E-state index in [1.165, 1.54) is 49.7 Å². The van der Waals surface area contributed by atoms with Crippen molar-refractivity contribution in [2.24, 2.45) is 5.92 Å². The topological polar surface area (TPSA) is 9.23 Å². The predicted molar refractivity (Wildman–Crippen MR) is 114 cm³/mol. The van der Waals surface area contributed by atoms with Crippen molar-refractivity contribution < 1.29 is 35.5 Å². The average Bonchev–Trinajstić information content (AvgIpc) is 2.78. The normalized spacial score (nSPS) is 18.6. The molecule has 0 unspecified atom stereocenters. The zero-order valence-corrected chi connectivity index (χ0v) is 18.5. The summed E-state index contributed by atoms with van der Waals surface area (Å²) in [6, 6.07) is 10.5. The Morgan fingerprint density at radius 3 is 2.12 bits per heavy atom. The second kappa shape index (κ2) is 12.8. The lowest BCUT2D eigenvalue weighted by molar-refractivity contribution is -0.254. The minimum atomic E-state index is -4.81. The van der Waals surface area contributed by atoms with Gasteiger partial charge in [-0.25, -0.2) is 8.78 Å². The van der Waals surface area contributed by atoms with E-state index in [-0.39, 0.29) is 12.7 Å². The van der Waals surface area contributed by atoms with E-state index in [2.05, 4.69) is 35.9 Å². The van der Waals surface area contributed by atoms with Gasteiger partial charge in [0.1, 0.15) is 5.82 Å². The van der Waals surface area contributed by atoms with Crippen LogP contribution in [0.15, 0.2) is 42.5 Å². The van der Waals surface area contributed by atoms with Crippen molar-refractivity contribution in [2.75, 3.05) is 6.67 Å². The van der Waals surface area contributed by atoms with Gasteiger partial charge >= 0.3 is 12.5 Å². The first kappa shape index (κ1) is 27.0. The van der Waals surface area contributed by atoms with E-state index in [0.29, 0.717) is 18.1 Å². The molecular formula is C25H29F7O. The Hall–Kier alpha value is -2.25. The zero-order valence-electron chi connectivity index (χ0n) is 18.5. The Balaban J connectivity index is 0.000000238. The number of benzene rings is 2. The van der Waals surface area contributed by atoms with E-state index in [1.54, 1.807) is 0 Å². The maximum absolute atomic E-state index is 12.7. The van der Waals surface area contributed by atoms with Crippen molar-refractivity contribution in [2.45, 2.75) is 70.3 Å². The summed E-state index contributed by atoms with van der Waals surface area (Å²) in [7, 11) is 0. The summed E-state index contributed by atoms with van der Waals surface area (Å²) in [6.45, 7) is 2.08. The molecule has 0 saturated heterocycles. The lowest BCUT2D eigenvalue weighted by Gasteiger charge is -2.28. The SMILES string of the molecule is CCCc1ccc(C2CCC(CCF)CC2)cc1.Fc1ccc(OC(F)(F)C(F)F)c(F)c1. The van der Waals surface area contributed by atoms with Crippen molar-refractivity contribution >= 4 is 0 Å². The van der Waals surface area contributed by atoms with Crippen LogP contribution in [0.2, 0.25) is 0 Å². The third kappa shape index (κ3) is 8.55. The van der Waals surface area contributed by atoms with Crippen molar-refractivity contribution in [1.29, 1.82) is 0 Å². The molecule has 1 aliphatic carbocycles. The van der Waals surface area contributed by atoms with Gasteiger partial charge in [0, 0.05) is 6.07 Å². The smallest absolute Gasteiger partial charge is 0.425 e. The third-order valence-electron chi connectivity index (χ3n) is 5.75. The Labute approximate surface area is 190 Å². The van der Waals surface area contributed by atoms with Crippen molar-refractivity contribution in [3.8, 4) is 5.75 Å². The summed E-state index contributed by atoms with van der Waals surface area (Å²) >= 11 is 0. The molecule has 2 aromatic carbocycles. The monoisotopic (exact) mass is 478 g/mol. The summed E-state index contributed by atoms with van der Waals surface area (Å²) in [4.78, 5) is 0. The fourth-order valence-corrected chi connectivity index (χ4v) is 3.93. The number of ether oxygens (including phenoxy) is 1. The maximum atomic E-state index is 12.7. The maximum Gasteiger partial charge on any atom is 0.461 e. The molecule has 0 amide bonds. The van der Waals surface area contributed by atoms with Gasteiger partial charge in [-0.1, -0.05) is 37.6 Å². The molecule has 3 rings (SSSR count). The molecule has 1 aliphatic rings. The summed E-state index contributed by atoms with van der Waals surface area (Å²) in [5.74, 6) is -2.28. The van der Waals surface area contributed by atoms with Gasteiger partial charge < -0.3 is 4.74 Å². The fourth-order valence-electron chi connectivity index (χ4n) is 3.93. The molecule has 8 heteroatoms. The van der Waals surface area contributed by atoms with Crippen LogP contribution >= 0.6 is 0 Å². The highest BCUT2D eigenvalue weighted by Crippen LogP contribution is 2.37. The Kier molecular flexibility index (Phi) is 10.5. The fraction of sp³-hybridized carbons (Fsp3) is 0.520. The van der Waals surface area contributed by atoms with Gasteiger partial charge in [-0.2, -0.15) is 17.6 Å². The molecule has 0 aliphatic heterocycles. The highest BCUT2D eigenvalue weighted by molar-refractivity contribution is 5.26. The summed E-state index contributed by atoms with van der Waals surface area (Å²) in [5, 5.41) is 0. The predicted octanol–water partition coefficient (Wildman–Crippen LogP) is 8.47. The van der Waals surface area contributed by atoms with Crippen LogP contribution in [-0.2, 0) is 6.42 Å². The first-order valence-corrected chi connectivity index (χ1v) is 11.1. The molecule has 1 saturated carbocycles. The Morgan fingerprint density at radius 1 is 0.970 bits per heavy atom. The van der Waals surface area contributed by atoms with Gasteiger partial charge in [-0.05, 0) is 73.6 Å². The van der Waals surface area contributed by atoms with Crippen molar-refractivity contribution in [3.05, 3.63) is 65.2 Å². The van der Waals surface area contributed by atoms with Crippen LogP contribution in [-0.4, -0.2) is 19.2 Å². The highest BCUT2D eigenvalue weighted by atomic mass is 19.3. The number of aryl methyl sites for hydroxylation is 1. The van der Waals surface area contributed by atoms with Crippen LogP contribution in [0.5, 0.6) is 5.75 Å². The van der Waals surface area contributed by atoms with E-state index in [1.807, 2.05) is 0 Å². The number of alkyl halides is 5. The van der Waals surface area contributed by atoms with Crippen LogP contribution in [0.1, 0.15) is 62.5 Å². The van der Waals surface area contributed by atoms with E-state index in [4.69, 9.17) is 0 Å². The van der Waals surface area contributed by atoms with Gasteiger partial charge in [-0.15, -0.1) is 0 Å². The number of halogens is 7. The van der Waals surface area contributed by atoms with Crippen LogP contribution in [0.4, 0.5) is 30.7 Å². The molecule has 0 aromatic heterocycles. The van der Waals surface area contributed by atoms with Crippen LogP contribution in [0.3, 0.4) is 0 Å². The molecule has 0 heterocycles. The van der Waals surface area contributed by atoms with Gasteiger partial charge in [-0.3, -0.25) is 4.39 Å². The molecule has 2 aromatic rings. The van der Waals surface area contributed by atoms with Crippen molar-refractivity contribution in [1.82, 2.24) is 0 Å². The summed E-state index contributed by atoms with van der Waals surface area (Å²) < 4.78 is 88.6. The molecule has 1 nitrogen and oxygen atoms in total. The second-order valence-electron chi connectivity index (χ2n) is 8.23. The number of rotatable bonds is 8. The van der Waals surface area contributed by atoms with E-state index >= 15 is 0 Å².